The van der Waals surface area contributed by atoms with Crippen LogP contribution < -0.4 is 29.0 Å². The first-order chi connectivity index (χ1) is 28.3. The van der Waals surface area contributed by atoms with E-state index >= 15 is 0 Å². The predicted molar refractivity (Wildman–Crippen MR) is 225 cm³/mol. The Bertz CT molecular complexity index is 2400. The Hall–Kier alpha value is -6.15. The van der Waals surface area contributed by atoms with Crippen LogP contribution >= 0.6 is 15.9 Å². The van der Waals surface area contributed by atoms with Gasteiger partial charge in [0.05, 0.1) is 64.1 Å². The van der Waals surface area contributed by atoms with E-state index in [4.69, 9.17) is 23.7 Å². The third-order valence-electron chi connectivity index (χ3n) is 10.9. The number of fused-ring (bicyclic) bond motifs is 4. The van der Waals surface area contributed by atoms with Crippen molar-refractivity contribution in [2.45, 2.75) is 32.4 Å². The van der Waals surface area contributed by atoms with E-state index in [2.05, 4.69) is 21.2 Å². The summed E-state index contributed by atoms with van der Waals surface area (Å²) in [5.41, 5.74) is 7.79. The second-order valence-corrected chi connectivity index (χ2v) is 15.0. The van der Waals surface area contributed by atoms with E-state index in [1.165, 1.54) is 0 Å². The van der Waals surface area contributed by atoms with Gasteiger partial charge in [-0.25, -0.2) is 0 Å². The maximum atomic E-state index is 13.4. The molecule has 0 spiro atoms. The zero-order valence-corrected chi connectivity index (χ0v) is 34.1. The number of ether oxygens (including phenoxy) is 5. The topological polar surface area (TPSA) is 137 Å². The number of hydroxylamine groups is 2. The molecule has 300 valence electrons. The summed E-state index contributed by atoms with van der Waals surface area (Å²) in [5.74, 6) is 2.66. The fraction of sp³-hybridized carbons (Fsp3) is 0.295. The molecule has 2 aliphatic carbocycles. The number of hydrogen-bond acceptors (Lipinski definition) is 8. The number of nitrogens with zero attached hydrogens (tertiary/aromatic N) is 4. The van der Waals surface area contributed by atoms with Crippen LogP contribution in [0.3, 0.4) is 0 Å². The maximum Gasteiger partial charge on any atom is 0.235 e. The summed E-state index contributed by atoms with van der Waals surface area (Å²) in [6.07, 6.45) is 16.6. The van der Waals surface area contributed by atoms with Crippen molar-refractivity contribution in [2.75, 3.05) is 45.2 Å². The number of methoxy groups -OCH3 is 3. The summed E-state index contributed by atoms with van der Waals surface area (Å²) in [6.45, 7) is 1.82. The molecule has 0 fully saturated rings. The van der Waals surface area contributed by atoms with Crippen LogP contribution in [0.15, 0.2) is 96.6 Å². The van der Waals surface area contributed by atoms with Gasteiger partial charge in [0.1, 0.15) is 5.75 Å². The van der Waals surface area contributed by atoms with Crippen molar-refractivity contribution in [2.24, 2.45) is 11.8 Å². The number of alkyl halides is 1. The van der Waals surface area contributed by atoms with Gasteiger partial charge in [-0.15, -0.1) is 0 Å². The number of carbonyl (C=O) groups is 1. The molecule has 2 aliphatic heterocycles. The zero-order valence-electron chi connectivity index (χ0n) is 32.5. The number of allylic oxidation sites excluding steroid dienone is 8. The molecule has 2 unspecified atom stereocenters. The maximum absolute atomic E-state index is 13.4. The Morgan fingerprint density at radius 1 is 0.724 bits per heavy atom. The highest BCUT2D eigenvalue weighted by atomic mass is 79.9. The Balaban J connectivity index is 0.896. The Morgan fingerprint density at radius 3 is 1.66 bits per heavy atom. The summed E-state index contributed by atoms with van der Waals surface area (Å²) in [7, 11) is 4.80. The van der Waals surface area contributed by atoms with Crippen LogP contribution in [0.4, 0.5) is 5.69 Å². The number of benzene rings is 2. The average molecular weight is 851 g/mol. The molecule has 0 bridgehead atoms. The molecule has 13 nitrogen and oxygen atoms in total. The quantitative estimate of drug-likeness (QED) is 0.0638. The number of carbonyl (C=O) groups excluding carboxylic acids is 1. The molecular weight excluding hydrogens is 806 g/mol. The van der Waals surface area contributed by atoms with Crippen molar-refractivity contribution in [3.05, 3.63) is 130 Å². The van der Waals surface area contributed by atoms with Gasteiger partial charge in [-0.2, -0.15) is 9.48 Å². The van der Waals surface area contributed by atoms with E-state index < -0.39 is 0 Å². The van der Waals surface area contributed by atoms with Crippen molar-refractivity contribution in [1.29, 1.82) is 0 Å². The van der Waals surface area contributed by atoms with Crippen LogP contribution in [0.2, 0.25) is 0 Å². The molecule has 8 rings (SSSR count). The van der Waals surface area contributed by atoms with Gasteiger partial charge in [0.15, 0.2) is 45.8 Å². The second kappa shape index (κ2) is 16.8. The summed E-state index contributed by atoms with van der Waals surface area (Å²) in [6, 6.07) is 15.7. The van der Waals surface area contributed by atoms with E-state index in [-0.39, 0.29) is 23.1 Å². The van der Waals surface area contributed by atoms with Gasteiger partial charge in [-0.1, -0.05) is 52.3 Å². The highest BCUT2D eigenvalue weighted by Gasteiger charge is 2.34. The molecule has 1 N–H and O–H groups in total. The van der Waals surface area contributed by atoms with Crippen molar-refractivity contribution in [3.8, 4) is 28.7 Å². The largest absolute Gasteiger partial charge is 0.618 e. The first-order valence-corrected chi connectivity index (χ1v) is 20.2. The molecule has 14 heteroatoms. The van der Waals surface area contributed by atoms with E-state index in [1.54, 1.807) is 33.8 Å². The fourth-order valence-electron chi connectivity index (χ4n) is 8.04. The lowest BCUT2D eigenvalue weighted by Gasteiger charge is -2.22. The lowest BCUT2D eigenvalue weighted by atomic mass is 9.87. The van der Waals surface area contributed by atoms with Crippen LogP contribution in [0, 0.1) is 22.3 Å². The minimum absolute atomic E-state index is 0.0360. The molecule has 0 saturated heterocycles. The van der Waals surface area contributed by atoms with Crippen LogP contribution in [-0.4, -0.2) is 76.8 Å². The van der Waals surface area contributed by atoms with Crippen LogP contribution in [0.5, 0.6) is 28.7 Å². The average Bonchev–Trinajstić information content (AvgIpc) is 3.64. The van der Waals surface area contributed by atoms with Crippen LogP contribution in [0.25, 0.3) is 11.1 Å². The third-order valence-corrected chi connectivity index (χ3v) is 11.4. The molecule has 2 aromatic carbocycles. The van der Waals surface area contributed by atoms with Gasteiger partial charge >= 0.3 is 0 Å². The monoisotopic (exact) mass is 849 g/mol. The normalized spacial score (nSPS) is 18.1. The number of rotatable bonds is 13. The fourth-order valence-corrected chi connectivity index (χ4v) is 8.18. The van der Waals surface area contributed by atoms with Crippen LogP contribution in [-0.2, 0) is 17.9 Å². The van der Waals surface area contributed by atoms with Gasteiger partial charge in [0.2, 0.25) is 18.3 Å². The number of nitrogens with one attached hydrogen (secondary N) is 1. The Morgan fingerprint density at radius 2 is 1.21 bits per heavy atom. The van der Waals surface area contributed by atoms with Gasteiger partial charge in [0.25, 0.3) is 0 Å². The lowest BCUT2D eigenvalue weighted by Crippen LogP contribution is -2.19. The number of anilines is 1. The molecule has 4 aliphatic rings. The van der Waals surface area contributed by atoms with E-state index in [1.807, 2.05) is 94.4 Å². The minimum Gasteiger partial charge on any atom is -0.618 e. The van der Waals surface area contributed by atoms with Gasteiger partial charge in [-0.3, -0.25) is 4.79 Å². The summed E-state index contributed by atoms with van der Waals surface area (Å²) in [4.78, 5) is 11.8. The van der Waals surface area contributed by atoms with E-state index in [0.29, 0.717) is 91.3 Å². The lowest BCUT2D eigenvalue weighted by molar-refractivity contribution is -0.404. The number of aromatic nitrogens is 2. The molecule has 4 aromatic rings. The van der Waals surface area contributed by atoms with Crippen molar-refractivity contribution < 1.29 is 38.0 Å². The standard InChI is InChI=1S/C44H44BrN5O8/c1-54-35-13-7-29(8-14-35)31-10-16-37-33(20-31)23-48-27-41(44(56-3)39(48)25-50(37)53)58-18-4-17-57-40-26-47-22-32-19-30(28-5-11-34(12-6-28)46-42(51)21-45)9-15-36(32)49(52)24-38(47)43(40)55-2/h5-16,24-27,32-33H,4,17-23H2,1-3H3,(H,46,51). The molecule has 2 aromatic heterocycles. The van der Waals surface area contributed by atoms with E-state index in [0.717, 1.165) is 43.2 Å². The third kappa shape index (κ3) is 7.76. The van der Waals surface area contributed by atoms with E-state index in [9.17, 15) is 15.2 Å². The zero-order chi connectivity index (χ0) is 40.3. The molecular formula is C44H44BrN5O8. The predicted octanol–water partition coefficient (Wildman–Crippen LogP) is 7.36. The van der Waals surface area contributed by atoms with Crippen molar-refractivity contribution in [3.63, 3.8) is 0 Å². The highest BCUT2D eigenvalue weighted by Crippen LogP contribution is 2.41. The Labute approximate surface area is 344 Å². The summed E-state index contributed by atoms with van der Waals surface area (Å²) >= 11 is 3.17. The SMILES string of the molecule is COc1ccc(C2=CC=C3C(C2)Cn2cc(OCCCOc4cn5c(c4OC)C=[N+]([O-])C4=CC=C(c6ccc(NC(=O)CBr)cc6)CC4C5)c(OC)c2C=[N+]3[O-])cc1. The summed E-state index contributed by atoms with van der Waals surface area (Å²) < 4.78 is 35.2. The smallest absolute Gasteiger partial charge is 0.235 e. The van der Waals surface area contributed by atoms with Gasteiger partial charge in [0, 0.05) is 37.3 Å². The van der Waals surface area contributed by atoms with Crippen molar-refractivity contribution in [1.82, 2.24) is 9.13 Å². The summed E-state index contributed by atoms with van der Waals surface area (Å²) in [5, 5.41) is 29.9. The molecule has 1 amide bonds. The number of hydrogen-bond donors (Lipinski definition) is 1. The minimum atomic E-state index is -0.115. The first-order valence-electron chi connectivity index (χ1n) is 19.1. The molecule has 4 heterocycles. The van der Waals surface area contributed by atoms with Crippen molar-refractivity contribution >= 4 is 51.1 Å². The van der Waals surface area contributed by atoms with Gasteiger partial charge in [-0.05, 0) is 59.4 Å². The molecule has 0 radical (unpaired) electrons. The molecule has 2 atom stereocenters. The highest BCUT2D eigenvalue weighted by molar-refractivity contribution is 9.09. The second-order valence-electron chi connectivity index (χ2n) is 14.4. The van der Waals surface area contributed by atoms with Crippen LogP contribution in [0.1, 0.15) is 41.8 Å². The molecule has 58 heavy (non-hydrogen) atoms. The first kappa shape index (κ1) is 38.7. The Kier molecular flexibility index (Phi) is 11.2. The molecule has 0 saturated carbocycles. The number of halogens is 1. The van der Waals surface area contributed by atoms with Gasteiger partial charge < -0.3 is 48.5 Å². The number of amides is 1.